The van der Waals surface area contributed by atoms with Gasteiger partial charge >= 0.3 is 83.5 Å². The summed E-state index contributed by atoms with van der Waals surface area (Å²) in [6, 6.07) is 0. The maximum Gasteiger partial charge on any atom is 3.00 e. The Morgan fingerprint density at radius 1 is 0.429 bits per heavy atom. The molecule has 0 bridgehead atoms. The van der Waals surface area contributed by atoms with E-state index < -0.39 is 0 Å². The fraction of sp³-hybridized carbons (Fsp3) is 0. The molecule has 0 fully saturated rings. The summed E-state index contributed by atoms with van der Waals surface area (Å²) in [7, 11) is 0. The van der Waals surface area contributed by atoms with Crippen LogP contribution in [0.4, 0.5) is 0 Å². The van der Waals surface area contributed by atoms with Crippen molar-refractivity contribution in [3.8, 4) is 0 Å². The van der Waals surface area contributed by atoms with Crippen LogP contribution in [-0.2, 0) is 50.6 Å². The Bertz CT molecular complexity index is 10.9. The zero-order chi connectivity index (χ0) is 0. The monoisotopic (exact) mass is 440 g/mol. The van der Waals surface area contributed by atoms with E-state index in [0.29, 0.717) is 0 Å². The smallest absolute Gasteiger partial charge is 2.00 e. The summed E-state index contributed by atoms with van der Waals surface area (Å²) in [4.78, 5) is 0. The predicted molar refractivity (Wildman–Crippen MR) is 2.06 cm³/mol. The molecule has 0 aromatic rings. The molecule has 42 valence electrons. The summed E-state index contributed by atoms with van der Waals surface area (Å²) < 4.78 is 0. The third-order valence-corrected chi connectivity index (χ3v) is 0. The van der Waals surface area contributed by atoms with E-state index in [9.17, 15) is 0 Å². The van der Waals surface area contributed by atoms with Crippen LogP contribution < -0.4 is 0 Å². The van der Waals surface area contributed by atoms with Crippen molar-refractivity contribution in [3.63, 3.8) is 0 Å². The van der Waals surface area contributed by atoms with Crippen molar-refractivity contribution in [1.82, 2.24) is 0 Å². The van der Waals surface area contributed by atoms with Crippen LogP contribution in [0.2, 0.25) is 0 Å². The zero-order valence-electron chi connectivity index (χ0n) is 2.93. The summed E-state index contributed by atoms with van der Waals surface area (Å²) in [5.74, 6) is 0. The van der Waals surface area contributed by atoms with E-state index in [1.54, 1.807) is 0 Å². The van der Waals surface area contributed by atoms with Crippen molar-refractivity contribution in [3.05, 3.63) is 0 Å². The molecule has 0 saturated carbocycles. The van der Waals surface area contributed by atoms with E-state index in [4.69, 9.17) is 0 Å². The van der Waals surface area contributed by atoms with Crippen molar-refractivity contribution in [2.75, 3.05) is 0 Å². The summed E-state index contributed by atoms with van der Waals surface area (Å²) in [5.41, 5.74) is 0. The fourth-order valence-corrected chi connectivity index (χ4v) is 0. The first-order valence-corrected chi connectivity index (χ1v) is 0. The molecule has 0 N–H and O–H groups in total. The van der Waals surface area contributed by atoms with Gasteiger partial charge in [-0.1, -0.05) is 0 Å². The molecule has 7 heteroatoms. The van der Waals surface area contributed by atoms with Gasteiger partial charge in [0.25, 0.3) is 0 Å². The molecule has 0 saturated heterocycles. The largest absolute Gasteiger partial charge is 3.00 e. The number of hydrogen-bond acceptors (Lipinski definition) is 0. The predicted octanol–water partition coefficient (Wildman–Crippen LogP) is -0.361. The van der Waals surface area contributed by atoms with Gasteiger partial charge in [-0.15, -0.1) is 0 Å². The van der Waals surface area contributed by atoms with Gasteiger partial charge < -0.3 is 16.4 Å². The maximum atomic E-state index is 0. The topological polar surface area (TPSA) is 85.5 Å². The molecule has 0 aliphatic rings. The van der Waals surface area contributed by atoms with Crippen LogP contribution in [-0.4, -0.2) is 0 Å². The van der Waals surface area contributed by atoms with Gasteiger partial charge in [-0.25, -0.2) is 0 Å². The van der Waals surface area contributed by atoms with Crippen LogP contribution in [0.15, 0.2) is 0 Å². The Morgan fingerprint density at radius 2 is 0.429 bits per heavy atom. The summed E-state index contributed by atoms with van der Waals surface area (Å²) >= 11 is 0. The van der Waals surface area contributed by atoms with Crippen LogP contribution in [0.5, 0.6) is 0 Å². The van der Waals surface area contributed by atoms with Gasteiger partial charge in [0.2, 0.25) is 0 Å². The van der Waals surface area contributed by atoms with Gasteiger partial charge in [-0.3, -0.25) is 0 Å². The normalized spacial score (nSPS) is 0. The van der Waals surface area contributed by atoms with E-state index in [2.05, 4.69) is 0 Å². The van der Waals surface area contributed by atoms with Crippen molar-refractivity contribution < 1.29 is 134 Å². The molecule has 0 unspecified atom stereocenters. The first kappa shape index (κ1) is 74.0. The van der Waals surface area contributed by atoms with Crippen LogP contribution in [0, 0.1) is 83.5 Å². The van der Waals surface area contributed by atoms with Crippen LogP contribution in [0.1, 0.15) is 0 Å². The molecule has 0 rings (SSSR count). The van der Waals surface area contributed by atoms with E-state index >= 15 is 0 Å². The van der Waals surface area contributed by atoms with Gasteiger partial charge in [0.15, 0.2) is 0 Å². The molecule has 0 aliphatic carbocycles. The van der Waals surface area contributed by atoms with Gasteiger partial charge in [-0.2, -0.15) is 0 Å². The first-order valence-electron chi connectivity index (χ1n) is 0. The minimum atomic E-state index is 0. The third kappa shape index (κ3) is 42.2. The zero-order valence-corrected chi connectivity index (χ0v) is 11.4. The molecule has 0 aromatic carbocycles. The second-order valence-corrected chi connectivity index (χ2v) is 0. The molecule has 0 heterocycles. The van der Waals surface area contributed by atoms with Crippen molar-refractivity contribution in [2.45, 2.75) is 0 Å². The van der Waals surface area contributed by atoms with Crippen molar-refractivity contribution in [1.29, 1.82) is 0 Å². The standard InChI is InChI=1S/2Ce.2Fe.3O/q2*+3;;;3*-2. The second kappa shape index (κ2) is 53.9. The van der Waals surface area contributed by atoms with E-state index in [-0.39, 0.29) is 134 Å². The Balaban J connectivity index is 0. The Morgan fingerprint density at radius 3 is 0.429 bits per heavy atom. The molecular formula is Ce2Fe2O3. The Kier molecular flexibility index (Phi) is 571. The molecular weight excluding hydrogens is 440 g/mol. The van der Waals surface area contributed by atoms with Gasteiger partial charge in [-0.05, 0) is 0 Å². The summed E-state index contributed by atoms with van der Waals surface area (Å²) in [5, 5.41) is 0. The minimum absolute atomic E-state index is 0. The number of rotatable bonds is 0. The average molecular weight is 440 g/mol. The molecule has 0 aromatic heterocycles. The molecule has 3 nitrogen and oxygen atoms in total. The van der Waals surface area contributed by atoms with Crippen molar-refractivity contribution in [2.24, 2.45) is 0 Å². The molecule has 7 heavy (non-hydrogen) atoms. The molecule has 2 radical (unpaired) electrons. The van der Waals surface area contributed by atoms with Gasteiger partial charge in [0.05, 0.1) is 0 Å². The third-order valence-electron chi connectivity index (χ3n) is 0. The van der Waals surface area contributed by atoms with Crippen LogP contribution in [0.3, 0.4) is 0 Å². The van der Waals surface area contributed by atoms with Crippen LogP contribution >= 0.6 is 0 Å². The average Bonchev–Trinajstić information content (AvgIpc) is 0. The van der Waals surface area contributed by atoms with E-state index in [1.807, 2.05) is 0 Å². The summed E-state index contributed by atoms with van der Waals surface area (Å²) in [6.45, 7) is 0. The quantitative estimate of drug-likeness (QED) is 0.462. The second-order valence-electron chi connectivity index (χ2n) is 0. The Hall–Kier alpha value is 3.67. The van der Waals surface area contributed by atoms with E-state index in [0.717, 1.165) is 0 Å². The maximum absolute atomic E-state index is 0. The molecule has 0 atom stereocenters. The Labute approximate surface area is 131 Å². The first-order chi connectivity index (χ1) is 0. The molecule has 0 amide bonds. The summed E-state index contributed by atoms with van der Waals surface area (Å²) in [6.07, 6.45) is 0. The minimum Gasteiger partial charge on any atom is -2.00 e. The fourth-order valence-electron chi connectivity index (χ4n) is 0. The SMILES string of the molecule is [Ce+3].[Ce+3].[Fe].[Fe].[O-2].[O-2].[O-2]. The molecule has 0 aliphatic heterocycles. The van der Waals surface area contributed by atoms with Gasteiger partial charge in [0, 0.05) is 34.1 Å². The molecule has 0 spiro atoms. The van der Waals surface area contributed by atoms with Crippen LogP contribution in [0.25, 0.3) is 0 Å². The van der Waals surface area contributed by atoms with Gasteiger partial charge in [0.1, 0.15) is 0 Å². The van der Waals surface area contributed by atoms with Crippen molar-refractivity contribution >= 4 is 0 Å². The number of hydrogen-bond donors (Lipinski definition) is 0. The van der Waals surface area contributed by atoms with E-state index in [1.165, 1.54) is 0 Å².